The molecule has 0 aliphatic carbocycles. The Morgan fingerprint density at radius 3 is 2.50 bits per heavy atom. The zero-order valence-corrected chi connectivity index (χ0v) is 10.9. The number of nitrogens with two attached hydrogens (primary N) is 1. The lowest BCUT2D eigenvalue weighted by Gasteiger charge is -2.17. The van der Waals surface area contributed by atoms with Crippen LogP contribution in [0.5, 0.6) is 0 Å². The number of aryl methyl sites for hydroxylation is 1. The van der Waals surface area contributed by atoms with Crippen molar-refractivity contribution in [2.45, 2.75) is 33.7 Å². The normalized spacial score (nSPS) is 12.6. The molecule has 1 aromatic rings. The lowest BCUT2D eigenvalue weighted by atomic mass is 10.1. The zero-order valence-electron chi connectivity index (χ0n) is 10.1. The molecule has 0 spiro atoms. The van der Waals surface area contributed by atoms with Crippen molar-refractivity contribution < 1.29 is 0 Å². The molecule has 0 aliphatic rings. The van der Waals surface area contributed by atoms with Crippen molar-refractivity contribution in [1.29, 1.82) is 0 Å². The van der Waals surface area contributed by atoms with E-state index in [1.54, 1.807) is 6.07 Å². The summed E-state index contributed by atoms with van der Waals surface area (Å²) in [5, 5.41) is 3.24. The first-order valence-electron chi connectivity index (χ1n) is 5.32. The minimum atomic E-state index is 0.297. The van der Waals surface area contributed by atoms with Gasteiger partial charge < -0.3 is 11.1 Å². The molecule has 0 aliphatic heterocycles. The SMILES string of the molecule is Cc1cc(C(N)=S)nc(NC(C)C(C)C)n1. The average Bonchev–Trinajstić information content (AvgIpc) is 2.16. The van der Waals surface area contributed by atoms with Gasteiger partial charge in [-0.1, -0.05) is 26.1 Å². The molecule has 1 rings (SSSR count). The number of rotatable bonds is 4. The van der Waals surface area contributed by atoms with Crippen molar-refractivity contribution in [3.63, 3.8) is 0 Å². The van der Waals surface area contributed by atoms with Gasteiger partial charge in [-0.3, -0.25) is 0 Å². The Kier molecular flexibility index (Phi) is 4.18. The number of thiocarbonyl (C=S) groups is 1. The number of aromatic nitrogens is 2. The van der Waals surface area contributed by atoms with E-state index < -0.39 is 0 Å². The van der Waals surface area contributed by atoms with E-state index in [0.717, 1.165) is 5.69 Å². The minimum absolute atomic E-state index is 0.297. The van der Waals surface area contributed by atoms with Gasteiger partial charge in [-0.15, -0.1) is 0 Å². The molecular weight excluding hydrogens is 220 g/mol. The van der Waals surface area contributed by atoms with Gasteiger partial charge in [0.05, 0.1) is 0 Å². The highest BCUT2D eigenvalue weighted by molar-refractivity contribution is 7.80. The Morgan fingerprint density at radius 1 is 1.38 bits per heavy atom. The second-order valence-electron chi connectivity index (χ2n) is 4.26. The summed E-state index contributed by atoms with van der Waals surface area (Å²) in [6.07, 6.45) is 0. The van der Waals surface area contributed by atoms with E-state index in [1.165, 1.54) is 0 Å². The molecule has 0 aromatic carbocycles. The molecule has 0 fully saturated rings. The van der Waals surface area contributed by atoms with Gasteiger partial charge in [-0.25, -0.2) is 9.97 Å². The molecule has 1 heterocycles. The van der Waals surface area contributed by atoms with Gasteiger partial charge in [-0.05, 0) is 25.8 Å². The molecule has 0 saturated carbocycles. The van der Waals surface area contributed by atoms with Gasteiger partial charge in [0.1, 0.15) is 10.7 Å². The van der Waals surface area contributed by atoms with Gasteiger partial charge >= 0.3 is 0 Å². The first-order chi connectivity index (χ1) is 7.40. The molecule has 1 aromatic heterocycles. The molecule has 0 saturated heterocycles. The van der Waals surface area contributed by atoms with Gasteiger partial charge in [0.2, 0.25) is 5.95 Å². The molecule has 1 atom stereocenters. The van der Waals surface area contributed by atoms with E-state index in [9.17, 15) is 0 Å². The molecule has 1 unspecified atom stereocenters. The quantitative estimate of drug-likeness (QED) is 0.784. The van der Waals surface area contributed by atoms with Crippen LogP contribution in [0.15, 0.2) is 6.07 Å². The van der Waals surface area contributed by atoms with Crippen LogP contribution in [0.25, 0.3) is 0 Å². The summed E-state index contributed by atoms with van der Waals surface area (Å²) < 4.78 is 0. The highest BCUT2D eigenvalue weighted by atomic mass is 32.1. The number of hydrogen-bond donors (Lipinski definition) is 2. The summed E-state index contributed by atoms with van der Waals surface area (Å²) in [7, 11) is 0. The molecule has 0 radical (unpaired) electrons. The van der Waals surface area contributed by atoms with Crippen LogP contribution >= 0.6 is 12.2 Å². The molecule has 5 heteroatoms. The fourth-order valence-corrected chi connectivity index (χ4v) is 1.23. The van der Waals surface area contributed by atoms with E-state index in [4.69, 9.17) is 18.0 Å². The topological polar surface area (TPSA) is 63.8 Å². The molecule has 0 bridgehead atoms. The second-order valence-corrected chi connectivity index (χ2v) is 4.70. The third-order valence-corrected chi connectivity index (χ3v) is 2.67. The maximum atomic E-state index is 5.56. The van der Waals surface area contributed by atoms with E-state index in [2.05, 4.69) is 36.1 Å². The summed E-state index contributed by atoms with van der Waals surface area (Å²) in [5.41, 5.74) is 7.03. The van der Waals surface area contributed by atoms with E-state index >= 15 is 0 Å². The number of hydrogen-bond acceptors (Lipinski definition) is 4. The molecular formula is C11H18N4S. The van der Waals surface area contributed by atoms with Crippen LogP contribution in [0.4, 0.5) is 5.95 Å². The van der Waals surface area contributed by atoms with Crippen LogP contribution in [0.2, 0.25) is 0 Å². The molecule has 88 valence electrons. The number of nitrogens with one attached hydrogen (secondary N) is 1. The predicted octanol–water partition coefficient (Wildman–Crippen LogP) is 1.88. The van der Waals surface area contributed by atoms with Crippen LogP contribution in [0.3, 0.4) is 0 Å². The Balaban J connectivity index is 2.92. The largest absolute Gasteiger partial charge is 0.388 e. The van der Waals surface area contributed by atoms with Crippen LogP contribution in [-0.2, 0) is 0 Å². The lowest BCUT2D eigenvalue weighted by molar-refractivity contribution is 0.556. The standard InChI is InChI=1S/C11H18N4S/c1-6(2)8(4)14-11-13-7(3)5-9(15-11)10(12)16/h5-6,8H,1-4H3,(H2,12,16)(H,13,14,15). The minimum Gasteiger partial charge on any atom is -0.388 e. The van der Waals surface area contributed by atoms with Crippen molar-refractivity contribution in [3.05, 3.63) is 17.5 Å². The smallest absolute Gasteiger partial charge is 0.223 e. The summed E-state index contributed by atoms with van der Waals surface area (Å²) in [6.45, 7) is 8.27. The summed E-state index contributed by atoms with van der Waals surface area (Å²) >= 11 is 4.91. The zero-order chi connectivity index (χ0) is 12.3. The first kappa shape index (κ1) is 12.8. The highest BCUT2D eigenvalue weighted by Gasteiger charge is 2.10. The van der Waals surface area contributed by atoms with Crippen LogP contribution in [0, 0.1) is 12.8 Å². The Labute approximate surface area is 102 Å². The Hall–Kier alpha value is -1.23. The monoisotopic (exact) mass is 238 g/mol. The van der Waals surface area contributed by atoms with Crippen LogP contribution in [-0.4, -0.2) is 21.0 Å². The van der Waals surface area contributed by atoms with Gasteiger partial charge in [-0.2, -0.15) is 0 Å². The maximum Gasteiger partial charge on any atom is 0.223 e. The highest BCUT2D eigenvalue weighted by Crippen LogP contribution is 2.10. The third-order valence-electron chi connectivity index (χ3n) is 2.46. The van der Waals surface area contributed by atoms with Crippen LogP contribution in [0.1, 0.15) is 32.2 Å². The summed E-state index contributed by atoms with van der Waals surface area (Å²) in [4.78, 5) is 8.87. The third kappa shape index (κ3) is 3.41. The fraction of sp³-hybridized carbons (Fsp3) is 0.545. The van der Waals surface area contributed by atoms with Gasteiger partial charge in [0.15, 0.2) is 0 Å². The number of nitrogens with zero attached hydrogens (tertiary/aromatic N) is 2. The van der Waals surface area contributed by atoms with Crippen molar-refractivity contribution in [2.24, 2.45) is 11.7 Å². The second kappa shape index (κ2) is 5.21. The van der Waals surface area contributed by atoms with Crippen molar-refractivity contribution in [1.82, 2.24) is 9.97 Å². The van der Waals surface area contributed by atoms with Crippen molar-refractivity contribution >= 4 is 23.2 Å². The molecule has 0 amide bonds. The Bertz CT molecular complexity index is 390. The van der Waals surface area contributed by atoms with E-state index in [-0.39, 0.29) is 0 Å². The number of anilines is 1. The lowest BCUT2D eigenvalue weighted by Crippen LogP contribution is -2.24. The predicted molar refractivity (Wildman–Crippen MR) is 70.6 cm³/mol. The van der Waals surface area contributed by atoms with E-state index in [1.807, 2.05) is 6.92 Å². The van der Waals surface area contributed by atoms with Crippen LogP contribution < -0.4 is 11.1 Å². The fourth-order valence-electron chi connectivity index (χ4n) is 1.13. The molecule has 4 nitrogen and oxygen atoms in total. The van der Waals surface area contributed by atoms with Crippen molar-refractivity contribution in [3.8, 4) is 0 Å². The summed E-state index contributed by atoms with van der Waals surface area (Å²) in [5.74, 6) is 1.10. The molecule has 3 N–H and O–H groups in total. The van der Waals surface area contributed by atoms with E-state index in [0.29, 0.717) is 28.6 Å². The maximum absolute atomic E-state index is 5.56. The van der Waals surface area contributed by atoms with Gasteiger partial charge in [0.25, 0.3) is 0 Å². The average molecular weight is 238 g/mol. The summed E-state index contributed by atoms with van der Waals surface area (Å²) in [6, 6.07) is 2.09. The van der Waals surface area contributed by atoms with Crippen molar-refractivity contribution in [2.75, 3.05) is 5.32 Å². The van der Waals surface area contributed by atoms with Gasteiger partial charge in [0, 0.05) is 11.7 Å². The Morgan fingerprint density at radius 2 is 2.00 bits per heavy atom. The first-order valence-corrected chi connectivity index (χ1v) is 5.73. The molecule has 16 heavy (non-hydrogen) atoms.